The molecule has 21 heavy (non-hydrogen) atoms. The maximum absolute atomic E-state index is 11.4. The van der Waals surface area contributed by atoms with E-state index >= 15 is 0 Å². The quantitative estimate of drug-likeness (QED) is 0.830. The van der Waals surface area contributed by atoms with E-state index in [0.717, 1.165) is 0 Å². The molecule has 0 saturated heterocycles. The number of carbonyl (C=O) groups is 2. The van der Waals surface area contributed by atoms with Gasteiger partial charge in [-0.05, 0) is 19.1 Å². The Morgan fingerprint density at radius 2 is 2.33 bits per heavy atom. The van der Waals surface area contributed by atoms with Gasteiger partial charge in [-0.1, -0.05) is 0 Å². The highest BCUT2D eigenvalue weighted by Gasteiger charge is 2.27. The lowest BCUT2D eigenvalue weighted by atomic mass is 10.2. The minimum atomic E-state index is -0.667. The Morgan fingerprint density at radius 1 is 1.52 bits per heavy atom. The van der Waals surface area contributed by atoms with Crippen molar-refractivity contribution in [3.63, 3.8) is 0 Å². The number of anilines is 1. The van der Waals surface area contributed by atoms with Crippen molar-refractivity contribution in [2.45, 2.75) is 13.0 Å². The summed E-state index contributed by atoms with van der Waals surface area (Å²) in [6.07, 6.45) is 0.901. The molecule has 8 heteroatoms. The third-order valence-electron chi connectivity index (χ3n) is 2.64. The van der Waals surface area contributed by atoms with Crippen LogP contribution >= 0.6 is 0 Å². The lowest BCUT2D eigenvalue weighted by Gasteiger charge is -2.06. The molecule has 0 radical (unpaired) electrons. The molecular formula is C13H15N3O5. The SMILES string of the molecule is CCOC(=O)Nc1cc(C2=N[C@@H](C(=O)OC)CO2)ccn1. The highest BCUT2D eigenvalue weighted by atomic mass is 16.5. The van der Waals surface area contributed by atoms with Gasteiger partial charge in [-0.15, -0.1) is 0 Å². The molecule has 0 saturated carbocycles. The van der Waals surface area contributed by atoms with Gasteiger partial charge in [0.1, 0.15) is 12.4 Å². The largest absolute Gasteiger partial charge is 0.475 e. The van der Waals surface area contributed by atoms with Crippen molar-refractivity contribution in [2.24, 2.45) is 4.99 Å². The van der Waals surface area contributed by atoms with Crippen LogP contribution in [0, 0.1) is 0 Å². The summed E-state index contributed by atoms with van der Waals surface area (Å²) in [4.78, 5) is 30.8. The van der Waals surface area contributed by atoms with E-state index in [9.17, 15) is 9.59 Å². The van der Waals surface area contributed by atoms with Crippen molar-refractivity contribution in [1.29, 1.82) is 0 Å². The highest BCUT2D eigenvalue weighted by molar-refractivity contribution is 5.98. The van der Waals surface area contributed by atoms with Gasteiger partial charge in [-0.3, -0.25) is 5.32 Å². The molecule has 1 amide bonds. The average molecular weight is 293 g/mol. The summed E-state index contributed by atoms with van der Waals surface area (Å²) in [5.41, 5.74) is 0.600. The maximum Gasteiger partial charge on any atom is 0.412 e. The van der Waals surface area contributed by atoms with Crippen LogP contribution < -0.4 is 5.32 Å². The molecule has 1 aromatic rings. The fraction of sp³-hybridized carbons (Fsp3) is 0.385. The molecule has 2 heterocycles. The Morgan fingerprint density at radius 3 is 3.05 bits per heavy atom. The average Bonchev–Trinajstić information content (AvgIpc) is 2.97. The van der Waals surface area contributed by atoms with Gasteiger partial charge in [0.25, 0.3) is 0 Å². The van der Waals surface area contributed by atoms with Gasteiger partial charge in [0.05, 0.1) is 13.7 Å². The van der Waals surface area contributed by atoms with E-state index in [2.05, 4.69) is 20.0 Å². The summed E-state index contributed by atoms with van der Waals surface area (Å²) in [7, 11) is 1.30. The standard InChI is InChI=1S/C13H15N3O5/c1-3-20-13(18)16-10-6-8(4-5-14-10)11-15-9(7-21-11)12(17)19-2/h4-6,9H,3,7H2,1-2H3,(H,14,16,18)/t9-/m1/s1. The molecule has 0 unspecified atom stereocenters. The third kappa shape index (κ3) is 3.68. The topological polar surface area (TPSA) is 99.1 Å². The minimum Gasteiger partial charge on any atom is -0.475 e. The number of ether oxygens (including phenoxy) is 3. The van der Waals surface area contributed by atoms with Gasteiger partial charge in [0, 0.05) is 11.8 Å². The van der Waals surface area contributed by atoms with Gasteiger partial charge in [0.2, 0.25) is 5.90 Å². The summed E-state index contributed by atoms with van der Waals surface area (Å²) in [5.74, 6) is 0.155. The number of carbonyl (C=O) groups excluding carboxylic acids is 2. The summed E-state index contributed by atoms with van der Waals surface area (Å²) in [5, 5.41) is 2.48. The monoisotopic (exact) mass is 293 g/mol. The first-order valence-electron chi connectivity index (χ1n) is 6.32. The molecule has 0 fully saturated rings. The number of hydrogen-bond acceptors (Lipinski definition) is 7. The number of esters is 1. The van der Waals surface area contributed by atoms with E-state index in [1.54, 1.807) is 19.1 Å². The molecular weight excluding hydrogens is 278 g/mol. The van der Waals surface area contributed by atoms with E-state index in [1.807, 2.05) is 0 Å². The van der Waals surface area contributed by atoms with Crippen LogP contribution in [0.2, 0.25) is 0 Å². The van der Waals surface area contributed by atoms with Crippen LogP contribution in [-0.2, 0) is 19.0 Å². The number of amides is 1. The number of methoxy groups -OCH3 is 1. The van der Waals surface area contributed by atoms with Crippen LogP contribution in [0.4, 0.5) is 10.6 Å². The fourth-order valence-corrected chi connectivity index (χ4v) is 1.69. The number of aromatic nitrogens is 1. The predicted octanol–water partition coefficient (Wildman–Crippen LogP) is 0.968. The normalized spacial score (nSPS) is 16.7. The zero-order valence-corrected chi connectivity index (χ0v) is 11.7. The first-order valence-corrected chi connectivity index (χ1v) is 6.32. The minimum absolute atomic E-state index is 0.130. The van der Waals surface area contributed by atoms with Gasteiger partial charge >= 0.3 is 12.1 Å². The molecule has 1 atom stereocenters. The number of aliphatic imine (C=N–C) groups is 1. The Bertz CT molecular complexity index is 573. The summed E-state index contributed by atoms with van der Waals surface area (Å²) in [6.45, 7) is 2.10. The molecule has 1 aliphatic rings. The molecule has 8 nitrogen and oxygen atoms in total. The zero-order chi connectivity index (χ0) is 15.2. The molecule has 1 aliphatic heterocycles. The smallest absolute Gasteiger partial charge is 0.412 e. The molecule has 2 rings (SSSR count). The number of nitrogens with zero attached hydrogens (tertiary/aromatic N) is 2. The fourth-order valence-electron chi connectivity index (χ4n) is 1.69. The molecule has 1 aromatic heterocycles. The Hall–Kier alpha value is -2.64. The number of hydrogen-bond donors (Lipinski definition) is 1. The van der Waals surface area contributed by atoms with Crippen molar-refractivity contribution >= 4 is 23.8 Å². The predicted molar refractivity (Wildman–Crippen MR) is 73.2 cm³/mol. The summed E-state index contributed by atoms with van der Waals surface area (Å²) < 4.78 is 14.7. The lowest BCUT2D eigenvalue weighted by molar-refractivity contribution is -0.142. The number of nitrogens with one attached hydrogen (secondary N) is 1. The van der Waals surface area contributed by atoms with E-state index in [1.165, 1.54) is 13.3 Å². The number of pyridine rings is 1. The van der Waals surface area contributed by atoms with E-state index < -0.39 is 18.1 Å². The van der Waals surface area contributed by atoms with Gasteiger partial charge < -0.3 is 14.2 Å². The van der Waals surface area contributed by atoms with Crippen molar-refractivity contribution in [3.05, 3.63) is 23.9 Å². The van der Waals surface area contributed by atoms with Crippen molar-refractivity contribution in [3.8, 4) is 0 Å². The van der Waals surface area contributed by atoms with Gasteiger partial charge in [0.15, 0.2) is 6.04 Å². The van der Waals surface area contributed by atoms with E-state index in [0.29, 0.717) is 17.3 Å². The Kier molecular flexibility index (Phi) is 4.70. The van der Waals surface area contributed by atoms with Crippen molar-refractivity contribution in [2.75, 3.05) is 25.6 Å². The van der Waals surface area contributed by atoms with Crippen LogP contribution in [0.1, 0.15) is 12.5 Å². The molecule has 112 valence electrons. The highest BCUT2D eigenvalue weighted by Crippen LogP contribution is 2.15. The molecule has 0 bridgehead atoms. The first-order chi connectivity index (χ1) is 10.1. The third-order valence-corrected chi connectivity index (χ3v) is 2.64. The molecule has 0 aliphatic carbocycles. The Labute approximate surface area is 121 Å². The summed E-state index contributed by atoms with van der Waals surface area (Å²) in [6, 6.07) is 2.57. The zero-order valence-electron chi connectivity index (χ0n) is 11.7. The van der Waals surface area contributed by atoms with Gasteiger partial charge in [-0.2, -0.15) is 0 Å². The van der Waals surface area contributed by atoms with Crippen molar-refractivity contribution < 1.29 is 23.8 Å². The van der Waals surface area contributed by atoms with Gasteiger partial charge in [-0.25, -0.2) is 19.6 Å². The first kappa shape index (κ1) is 14.8. The number of rotatable bonds is 4. The maximum atomic E-state index is 11.4. The van der Waals surface area contributed by atoms with E-state index in [-0.39, 0.29) is 13.2 Å². The molecule has 0 spiro atoms. The van der Waals surface area contributed by atoms with Crippen LogP contribution in [-0.4, -0.2) is 49.3 Å². The molecule has 1 N–H and O–H groups in total. The van der Waals surface area contributed by atoms with Crippen molar-refractivity contribution in [1.82, 2.24) is 4.98 Å². The van der Waals surface area contributed by atoms with Crippen LogP contribution in [0.25, 0.3) is 0 Å². The second-order valence-electron chi connectivity index (χ2n) is 4.06. The van der Waals surface area contributed by atoms with Crippen LogP contribution in [0.5, 0.6) is 0 Å². The second-order valence-corrected chi connectivity index (χ2v) is 4.06. The second kappa shape index (κ2) is 6.69. The Balaban J connectivity index is 2.11. The van der Waals surface area contributed by atoms with Crippen LogP contribution in [0.3, 0.4) is 0 Å². The molecule has 0 aromatic carbocycles. The lowest BCUT2D eigenvalue weighted by Crippen LogP contribution is -2.21. The van der Waals surface area contributed by atoms with E-state index in [4.69, 9.17) is 9.47 Å². The van der Waals surface area contributed by atoms with Crippen LogP contribution in [0.15, 0.2) is 23.3 Å². The summed E-state index contributed by atoms with van der Waals surface area (Å²) >= 11 is 0.